The third kappa shape index (κ3) is 19.8. The van der Waals surface area contributed by atoms with E-state index in [2.05, 4.69) is 52.2 Å². The van der Waals surface area contributed by atoms with Gasteiger partial charge in [-0.3, -0.25) is 9.59 Å². The number of methoxy groups -OCH3 is 4. The van der Waals surface area contributed by atoms with Gasteiger partial charge in [0, 0.05) is 77.3 Å². The normalized spacial score (nSPS) is 49.1. The molecule has 1 spiro atoms. The number of rotatable bonds is 14. The van der Waals surface area contributed by atoms with Gasteiger partial charge in [-0.25, -0.2) is 0 Å². The number of nitrogens with one attached hydrogen (secondary N) is 2. The Bertz CT molecular complexity index is 2480. The molecule has 8 aliphatic heterocycles. The van der Waals surface area contributed by atoms with E-state index in [0.29, 0.717) is 38.8 Å². The Balaban J connectivity index is 0.0000146. The molecule has 0 amide bonds. The molecule has 0 aromatic carbocycles. The van der Waals surface area contributed by atoms with Gasteiger partial charge in [-0.05, 0) is 159 Å². The summed E-state index contributed by atoms with van der Waals surface area (Å²) in [6.45, 7) is 32.5. The number of cyclic esters (lactones) is 2. The summed E-state index contributed by atoms with van der Waals surface area (Å²) in [5, 5.41) is 54.1. The Morgan fingerprint density at radius 1 is 0.471 bits per heavy atom. The zero-order valence-electron chi connectivity index (χ0n) is 66.6. The monoisotopic (exact) mass is 1470 g/mol. The van der Waals surface area contributed by atoms with Crippen molar-refractivity contribution in [1.29, 1.82) is 0 Å². The average molecular weight is 1470 g/mol. The molecule has 8 aliphatic rings. The summed E-state index contributed by atoms with van der Waals surface area (Å²) < 4.78 is 120. The molecule has 0 aromatic rings. The van der Waals surface area contributed by atoms with Crippen LogP contribution in [0.3, 0.4) is 0 Å². The maximum Gasteiger partial charge on any atom is 1.00 e. The zero-order chi connectivity index (χ0) is 75.1. The van der Waals surface area contributed by atoms with Crippen LogP contribution in [0.5, 0.6) is 0 Å². The largest absolute Gasteiger partial charge is 1.00 e. The van der Waals surface area contributed by atoms with Crippen molar-refractivity contribution in [2.75, 3.05) is 69.7 Å². The molecule has 0 saturated carbocycles. The minimum absolute atomic E-state index is 0. The van der Waals surface area contributed by atoms with Crippen molar-refractivity contribution in [2.45, 2.75) is 334 Å². The molecule has 8 rings (SSSR count). The van der Waals surface area contributed by atoms with Gasteiger partial charge in [-0.2, -0.15) is 0 Å². The molecule has 0 aliphatic carbocycles. The number of carbonyl (C=O) groups is 2. The fourth-order valence-corrected chi connectivity index (χ4v) is 17.8. The van der Waals surface area contributed by atoms with E-state index in [9.17, 15) is 20.4 Å². The fraction of sp³-hybridized carbons (Fsp3) is 0.972. The maximum absolute atomic E-state index is 15.4. The van der Waals surface area contributed by atoms with Crippen molar-refractivity contribution in [3.8, 4) is 0 Å². The summed E-state index contributed by atoms with van der Waals surface area (Å²) in [4.78, 5) is 34.8. The van der Waals surface area contributed by atoms with Gasteiger partial charge in [0.15, 0.2) is 25.2 Å². The minimum Gasteiger partial charge on any atom is -0.513 e. The van der Waals surface area contributed by atoms with E-state index >= 15 is 9.59 Å². The first-order chi connectivity index (χ1) is 47.1. The Kier molecular flexibility index (Phi) is 31.2. The third-order valence-electron chi connectivity index (χ3n) is 23.7. The van der Waals surface area contributed by atoms with Crippen LogP contribution in [0, 0.1) is 46.3 Å². The van der Waals surface area contributed by atoms with Crippen LogP contribution in [0.15, 0.2) is 0 Å². The van der Waals surface area contributed by atoms with E-state index in [1.165, 1.54) is 28.4 Å². The molecule has 28 nitrogen and oxygen atoms in total. The molecular weight excluding hydrogens is 1340 g/mol. The standard InChI is InChI=1S/C72H132BN4O24.Na/c1-35-29-69(13,14)61(94-65-51(78)47(76(19)20)27-37(3)88-65)39(5)53(92-49-31-71(17,86-25)59(80)45(11)90-49)41(7)63(82)96-67(84-23)57-55(43(9)74-33-35)98-73(100-57)99-56-44(10)75-34-36(2)30-70(15,16)62(95-66-52(79)48(77(21)22)28-38(4)89-66)40(6)54(42(8)64(83)97-68(85-24)58(56)101-73)93-50-32-72(18,87-26)60(81)46(12)91-50;/h35-62,65-68,74-75,78-81H,27-34H2,1-26H3;/q-1;+1/t35-,36+,37?,38?,39+,40-,41-,42+,43-,44+,45?,46?,47?,48?,49?,50?,51?,52?,53+,54-,55-,56+,57+,58-,59?,60?,61-,62+,65?,66?,67+,68-,71?,72?,73?;. The van der Waals surface area contributed by atoms with Crippen LogP contribution in [-0.2, 0) is 94.5 Å². The third-order valence-corrected chi connectivity index (χ3v) is 23.7. The molecule has 35 atom stereocenters. The van der Waals surface area contributed by atoms with E-state index in [1.807, 2.05) is 79.5 Å². The van der Waals surface area contributed by atoms with E-state index in [1.54, 1.807) is 41.5 Å². The topological polar surface area (TPSA) is 312 Å². The summed E-state index contributed by atoms with van der Waals surface area (Å²) in [5.74, 6) is -4.99. The van der Waals surface area contributed by atoms with Gasteiger partial charge in [0.1, 0.15) is 36.6 Å². The minimum atomic E-state index is -3.31. The van der Waals surface area contributed by atoms with Crippen LogP contribution >= 0.6 is 0 Å². The Morgan fingerprint density at radius 3 is 1.12 bits per heavy atom. The first kappa shape index (κ1) is 88.3. The van der Waals surface area contributed by atoms with Crippen LogP contribution < -0.4 is 40.2 Å². The second-order valence-electron chi connectivity index (χ2n) is 33.7. The Hall–Kier alpha value is -0.955. The quantitative estimate of drug-likeness (QED) is 0.107. The van der Waals surface area contributed by atoms with Crippen LogP contribution in [0.4, 0.5) is 0 Å². The van der Waals surface area contributed by atoms with Crippen LogP contribution in [0.2, 0.25) is 0 Å². The van der Waals surface area contributed by atoms with Crippen LogP contribution in [0.1, 0.15) is 163 Å². The van der Waals surface area contributed by atoms with Gasteiger partial charge in [0.2, 0.25) is 12.6 Å². The first-order valence-electron chi connectivity index (χ1n) is 37.2. The molecule has 6 N–H and O–H groups in total. The van der Waals surface area contributed by atoms with Gasteiger partial charge in [0.25, 0.3) is 0 Å². The fourth-order valence-electron chi connectivity index (χ4n) is 17.8. The Morgan fingerprint density at radius 2 is 0.804 bits per heavy atom. The van der Waals surface area contributed by atoms with Gasteiger partial charge < -0.3 is 126 Å². The number of esters is 2. The summed E-state index contributed by atoms with van der Waals surface area (Å²) in [6.07, 6.45) is -18.3. The number of ether oxygens (including phenoxy) is 14. The Labute approximate surface area is 630 Å². The van der Waals surface area contributed by atoms with Crippen LogP contribution in [0.25, 0.3) is 0 Å². The second-order valence-corrected chi connectivity index (χ2v) is 33.7. The number of fused-ring (bicyclic) bond motifs is 2. The molecule has 30 heteroatoms. The molecule has 8 saturated heterocycles. The zero-order valence-corrected chi connectivity index (χ0v) is 68.6. The molecule has 588 valence electrons. The summed E-state index contributed by atoms with van der Waals surface area (Å²) >= 11 is 0. The number of hydrogen-bond acceptors (Lipinski definition) is 28. The van der Waals surface area contributed by atoms with E-state index in [4.69, 9.17) is 84.9 Å². The predicted octanol–water partition coefficient (Wildman–Crippen LogP) is 1.85. The predicted molar refractivity (Wildman–Crippen MR) is 371 cm³/mol. The maximum atomic E-state index is 15.4. The van der Waals surface area contributed by atoms with Crippen LogP contribution in [-0.4, -0.2) is 290 Å². The number of hydrogen-bond donors (Lipinski definition) is 6. The molecule has 0 aromatic heterocycles. The van der Waals surface area contributed by atoms with Crippen molar-refractivity contribution in [2.24, 2.45) is 46.3 Å². The average Bonchev–Trinajstić information content (AvgIpc) is 1.57. The molecule has 102 heavy (non-hydrogen) atoms. The number of aliphatic hydroxyl groups excluding tert-OH is 4. The number of aliphatic hydroxyl groups is 4. The van der Waals surface area contributed by atoms with Crippen molar-refractivity contribution in [3.63, 3.8) is 0 Å². The molecule has 8 heterocycles. The van der Waals surface area contributed by atoms with Gasteiger partial charge in [-0.1, -0.05) is 55.4 Å². The smallest absolute Gasteiger partial charge is 0.513 e. The first-order valence-corrected chi connectivity index (χ1v) is 37.2. The molecular formula is C72H132BN4NaO24. The summed E-state index contributed by atoms with van der Waals surface area (Å²) in [5.41, 5.74) is -3.55. The van der Waals surface area contributed by atoms with E-state index < -0.39 is 200 Å². The van der Waals surface area contributed by atoms with Gasteiger partial charge in [0.05, 0.1) is 84.1 Å². The SMILES string of the molecule is CO[C@H]1OC(=O)[C@H](C)[C@@H](OC2CC(C)(OC)C(O)C(C)O2)[C@H](C)[C@@H](OC2OC(C)CC(N(C)C)C2O)C(C)(C)C[C@@H](C)CN[C@H](C)[C@H]2O[B-]3(O[C@H]12)O[C@@H]1[C@@H](O3)[C@H](OC)OC(=O)[C@@H](C)[C@H](OC2CC(C)(OC)C(O)C(C)O2)[C@@H](C)[C@H](OC2OC(C)CC(N(C)C)C2O)C(C)(C)C[C@H](C)CN[C@H]1C.[Na+]. The van der Waals surface area contributed by atoms with Crippen molar-refractivity contribution < 1.29 is 145 Å². The molecule has 0 bridgehead atoms. The van der Waals surface area contributed by atoms with Gasteiger partial charge in [-0.15, -0.1) is 0 Å². The molecule has 8 fully saturated rings. The number of nitrogens with zero attached hydrogens (tertiary/aromatic N) is 2. The molecule has 0 radical (unpaired) electrons. The van der Waals surface area contributed by atoms with Gasteiger partial charge >= 0.3 is 48.5 Å². The van der Waals surface area contributed by atoms with E-state index in [-0.39, 0.29) is 78.5 Å². The van der Waals surface area contributed by atoms with E-state index in [0.717, 1.165) is 0 Å². The summed E-state index contributed by atoms with van der Waals surface area (Å²) in [6, 6.07) is -1.67. The second kappa shape index (κ2) is 36.0. The van der Waals surface area contributed by atoms with Crippen molar-refractivity contribution in [3.05, 3.63) is 0 Å². The van der Waals surface area contributed by atoms with Crippen molar-refractivity contribution >= 4 is 18.9 Å². The number of carbonyl (C=O) groups excluding carboxylic acids is 2. The molecule has 17 unspecified atom stereocenters. The van der Waals surface area contributed by atoms with Crippen molar-refractivity contribution in [1.82, 2.24) is 20.4 Å². The number of likely N-dealkylation sites (N-methyl/N-ethyl adjacent to an activating group) is 2. The summed E-state index contributed by atoms with van der Waals surface area (Å²) in [7, 11) is 13.6.